The zero-order valence-electron chi connectivity index (χ0n) is 19.8. The Bertz CT molecular complexity index is 1070. The molecule has 11 heteroatoms. The fraction of sp³-hybridized carbons (Fsp3) is 0.542. The zero-order valence-corrected chi connectivity index (χ0v) is 20.6. The van der Waals surface area contributed by atoms with Crippen molar-refractivity contribution in [2.75, 3.05) is 32.8 Å². The maximum Gasteiger partial charge on any atom is 0.389 e. The van der Waals surface area contributed by atoms with Crippen molar-refractivity contribution in [3.63, 3.8) is 0 Å². The Morgan fingerprint density at radius 1 is 1.17 bits per heavy atom. The number of aromatic nitrogens is 2. The summed E-state index contributed by atoms with van der Waals surface area (Å²) in [6.45, 7) is 6.79. The van der Waals surface area contributed by atoms with E-state index in [0.29, 0.717) is 36.0 Å². The van der Waals surface area contributed by atoms with Crippen LogP contribution < -0.4 is 10.9 Å². The van der Waals surface area contributed by atoms with Gasteiger partial charge >= 0.3 is 6.18 Å². The monoisotopic (exact) mass is 514 g/mol. The quantitative estimate of drug-likeness (QED) is 0.552. The lowest BCUT2D eigenvalue weighted by Crippen LogP contribution is -2.55. The molecule has 0 bridgehead atoms. The molecule has 0 unspecified atom stereocenters. The van der Waals surface area contributed by atoms with Crippen molar-refractivity contribution in [3.8, 4) is 11.3 Å². The van der Waals surface area contributed by atoms with Crippen LogP contribution in [0, 0.1) is 0 Å². The molecule has 1 saturated heterocycles. The van der Waals surface area contributed by atoms with E-state index in [-0.39, 0.29) is 30.7 Å². The van der Waals surface area contributed by atoms with E-state index in [2.05, 4.69) is 15.2 Å². The average Bonchev–Trinajstić information content (AvgIpc) is 2.80. The average molecular weight is 515 g/mol. The second kappa shape index (κ2) is 11.5. The second-order valence-electron chi connectivity index (χ2n) is 9.15. The summed E-state index contributed by atoms with van der Waals surface area (Å²) in [4.78, 5) is 32.3. The van der Waals surface area contributed by atoms with E-state index in [0.717, 1.165) is 17.7 Å². The topological polar surface area (TPSA) is 76.5 Å². The van der Waals surface area contributed by atoms with Gasteiger partial charge in [0.05, 0.1) is 18.9 Å². The van der Waals surface area contributed by atoms with Crippen LogP contribution in [-0.2, 0) is 22.5 Å². The fourth-order valence-electron chi connectivity index (χ4n) is 3.92. The molecule has 35 heavy (non-hydrogen) atoms. The number of hydrogen-bond donors (Lipinski definition) is 1. The Kier molecular flexibility index (Phi) is 8.95. The molecule has 2 heterocycles. The summed E-state index contributed by atoms with van der Waals surface area (Å²) in [5.41, 5.74) is 0.0946. The highest BCUT2D eigenvalue weighted by Gasteiger charge is 2.29. The minimum absolute atomic E-state index is 0.0945. The third kappa shape index (κ3) is 8.05. The molecule has 0 saturated carbocycles. The van der Waals surface area contributed by atoms with Crippen molar-refractivity contribution in [1.29, 1.82) is 0 Å². The number of nitrogens with zero attached hydrogens (tertiary/aromatic N) is 3. The van der Waals surface area contributed by atoms with Crippen molar-refractivity contribution in [1.82, 2.24) is 19.8 Å². The standard InChI is InChI=1S/C24H30ClF3N4O3/c1-23(2,31-10-12-35-13-11-31)16-29-21(33)15-32-20(4-3-9-24(26,27)28)30-19(14-22(32)34)17-5-7-18(25)8-6-17/h5-8,14H,3-4,9-13,15-16H2,1-2H3,(H,29,33). The van der Waals surface area contributed by atoms with Crippen LogP contribution in [0.2, 0.25) is 5.02 Å². The van der Waals surface area contributed by atoms with Gasteiger partial charge in [0.1, 0.15) is 12.4 Å². The molecule has 1 aliphatic heterocycles. The third-order valence-corrected chi connectivity index (χ3v) is 6.23. The third-order valence-electron chi connectivity index (χ3n) is 5.97. The van der Waals surface area contributed by atoms with Crippen LogP contribution in [0.25, 0.3) is 11.3 Å². The van der Waals surface area contributed by atoms with Gasteiger partial charge in [-0.3, -0.25) is 19.1 Å². The van der Waals surface area contributed by atoms with Gasteiger partial charge in [0.15, 0.2) is 0 Å². The van der Waals surface area contributed by atoms with E-state index in [4.69, 9.17) is 16.3 Å². The first-order valence-corrected chi connectivity index (χ1v) is 11.9. The minimum atomic E-state index is -4.32. The Labute approximate surface area is 207 Å². The number of halogens is 4. The van der Waals surface area contributed by atoms with Crippen molar-refractivity contribution in [2.24, 2.45) is 0 Å². The lowest BCUT2D eigenvalue weighted by Gasteiger charge is -2.40. The number of morpholine rings is 1. The highest BCUT2D eigenvalue weighted by molar-refractivity contribution is 6.30. The number of carbonyl (C=O) groups is 1. The number of amides is 1. The summed E-state index contributed by atoms with van der Waals surface area (Å²) in [5, 5.41) is 3.36. The van der Waals surface area contributed by atoms with E-state index in [9.17, 15) is 22.8 Å². The molecule has 1 N–H and O–H groups in total. The van der Waals surface area contributed by atoms with E-state index in [1.807, 2.05) is 13.8 Å². The van der Waals surface area contributed by atoms with E-state index in [1.54, 1.807) is 24.3 Å². The number of benzene rings is 1. The number of carbonyl (C=O) groups excluding carboxylic acids is 1. The molecule has 0 aliphatic carbocycles. The van der Waals surface area contributed by atoms with Crippen LogP contribution in [0.5, 0.6) is 0 Å². The van der Waals surface area contributed by atoms with E-state index < -0.39 is 24.1 Å². The smallest absolute Gasteiger partial charge is 0.379 e. The van der Waals surface area contributed by atoms with Crippen LogP contribution in [-0.4, -0.2) is 64.9 Å². The molecule has 7 nitrogen and oxygen atoms in total. The van der Waals surface area contributed by atoms with Crippen molar-refractivity contribution in [2.45, 2.75) is 51.4 Å². The van der Waals surface area contributed by atoms with Crippen LogP contribution in [0.4, 0.5) is 13.2 Å². The minimum Gasteiger partial charge on any atom is -0.379 e. The Balaban J connectivity index is 1.77. The highest BCUT2D eigenvalue weighted by atomic mass is 35.5. The molecule has 1 aliphatic rings. The largest absolute Gasteiger partial charge is 0.389 e. The van der Waals surface area contributed by atoms with Crippen molar-refractivity contribution < 1.29 is 22.7 Å². The van der Waals surface area contributed by atoms with Gasteiger partial charge in [0.25, 0.3) is 5.56 Å². The maximum absolute atomic E-state index is 12.9. The first kappa shape index (κ1) is 27.2. The van der Waals surface area contributed by atoms with Crippen molar-refractivity contribution in [3.05, 3.63) is 51.5 Å². The molecular weight excluding hydrogens is 485 g/mol. The van der Waals surface area contributed by atoms with Gasteiger partial charge < -0.3 is 10.1 Å². The Morgan fingerprint density at radius 2 is 1.83 bits per heavy atom. The van der Waals surface area contributed by atoms with E-state index >= 15 is 0 Å². The van der Waals surface area contributed by atoms with Crippen LogP contribution in [0.1, 0.15) is 32.5 Å². The predicted octanol–water partition coefficient (Wildman–Crippen LogP) is 3.68. The SMILES string of the molecule is CC(C)(CNC(=O)Cn1c(CCCC(F)(F)F)nc(-c2ccc(Cl)cc2)cc1=O)N1CCOCC1. The summed E-state index contributed by atoms with van der Waals surface area (Å²) >= 11 is 5.92. The number of aryl methyl sites for hydroxylation is 1. The van der Waals surface area contributed by atoms with Gasteiger partial charge in [0.2, 0.25) is 5.91 Å². The van der Waals surface area contributed by atoms with Crippen molar-refractivity contribution >= 4 is 17.5 Å². The summed E-state index contributed by atoms with van der Waals surface area (Å²) in [6.07, 6.45) is -5.66. The zero-order chi connectivity index (χ0) is 25.6. The molecule has 1 aromatic carbocycles. The Hall–Kier alpha value is -2.43. The molecule has 1 amide bonds. The van der Waals surface area contributed by atoms with Gasteiger partial charge in [-0.25, -0.2) is 4.98 Å². The number of rotatable bonds is 9. The van der Waals surface area contributed by atoms with Gasteiger partial charge in [-0.2, -0.15) is 13.2 Å². The lowest BCUT2D eigenvalue weighted by molar-refractivity contribution is -0.135. The van der Waals surface area contributed by atoms with Gasteiger partial charge in [0, 0.05) is 54.7 Å². The van der Waals surface area contributed by atoms with Crippen LogP contribution in [0.15, 0.2) is 35.1 Å². The molecule has 0 radical (unpaired) electrons. The number of hydrogen-bond acceptors (Lipinski definition) is 5. The van der Waals surface area contributed by atoms with Crippen LogP contribution in [0.3, 0.4) is 0 Å². The molecule has 2 aromatic rings. The first-order chi connectivity index (χ1) is 16.4. The number of alkyl halides is 3. The van der Waals surface area contributed by atoms with Gasteiger partial charge in [-0.15, -0.1) is 0 Å². The summed E-state index contributed by atoms with van der Waals surface area (Å²) in [6, 6.07) is 7.90. The molecule has 0 atom stereocenters. The second-order valence-corrected chi connectivity index (χ2v) is 9.58. The molecule has 3 rings (SSSR count). The molecule has 1 aromatic heterocycles. The molecule has 192 valence electrons. The Morgan fingerprint density at radius 3 is 2.46 bits per heavy atom. The first-order valence-electron chi connectivity index (χ1n) is 11.5. The normalized spacial score (nSPS) is 15.3. The number of nitrogens with one attached hydrogen (secondary N) is 1. The summed E-state index contributed by atoms with van der Waals surface area (Å²) in [7, 11) is 0. The lowest BCUT2D eigenvalue weighted by atomic mass is 10.0. The van der Waals surface area contributed by atoms with Crippen LogP contribution >= 0.6 is 11.6 Å². The summed E-state index contributed by atoms with van der Waals surface area (Å²) < 4.78 is 44.7. The molecule has 0 spiro atoms. The summed E-state index contributed by atoms with van der Waals surface area (Å²) in [5.74, 6) is -0.277. The maximum atomic E-state index is 12.9. The van der Waals surface area contributed by atoms with Gasteiger partial charge in [-0.1, -0.05) is 23.7 Å². The van der Waals surface area contributed by atoms with Gasteiger partial charge in [-0.05, 0) is 32.4 Å². The highest BCUT2D eigenvalue weighted by Crippen LogP contribution is 2.23. The molecular formula is C24H30ClF3N4O3. The van der Waals surface area contributed by atoms with E-state index in [1.165, 1.54) is 6.07 Å². The number of ether oxygens (including phenoxy) is 1. The molecule has 1 fully saturated rings. The fourth-order valence-corrected chi connectivity index (χ4v) is 4.05. The predicted molar refractivity (Wildman–Crippen MR) is 127 cm³/mol.